The molecular formula is C70H136O17P2. The number of phosphoric acid groups is 2. The van der Waals surface area contributed by atoms with Gasteiger partial charge in [-0.3, -0.25) is 37.3 Å². The Kier molecular flexibility index (Phi) is 59.6. The topological polar surface area (TPSA) is 237 Å². The Labute approximate surface area is 543 Å². The highest BCUT2D eigenvalue weighted by Crippen LogP contribution is 2.45. The minimum Gasteiger partial charge on any atom is -0.462 e. The van der Waals surface area contributed by atoms with E-state index in [0.717, 1.165) is 108 Å². The number of hydrogen-bond donors (Lipinski definition) is 3. The molecule has 0 saturated heterocycles. The summed E-state index contributed by atoms with van der Waals surface area (Å²) in [6.45, 7) is 11.7. The molecule has 528 valence electrons. The fraction of sp³-hybridized carbons (Fsp3) is 0.943. The molecule has 0 aromatic carbocycles. The molecule has 0 fully saturated rings. The first-order valence-corrected chi connectivity index (χ1v) is 39.3. The summed E-state index contributed by atoms with van der Waals surface area (Å²) in [7, 11) is -9.90. The minimum atomic E-state index is -4.95. The van der Waals surface area contributed by atoms with E-state index in [9.17, 15) is 43.2 Å². The zero-order valence-electron chi connectivity index (χ0n) is 57.9. The second-order valence-corrected chi connectivity index (χ2v) is 29.6. The van der Waals surface area contributed by atoms with Gasteiger partial charge in [0.25, 0.3) is 0 Å². The number of ether oxygens (including phenoxy) is 4. The van der Waals surface area contributed by atoms with E-state index in [4.69, 9.17) is 37.0 Å². The van der Waals surface area contributed by atoms with Gasteiger partial charge in [-0.2, -0.15) is 0 Å². The number of carbonyl (C=O) groups excluding carboxylic acids is 4. The van der Waals surface area contributed by atoms with Crippen molar-refractivity contribution in [3.05, 3.63) is 0 Å². The fourth-order valence-electron chi connectivity index (χ4n) is 10.5. The summed E-state index contributed by atoms with van der Waals surface area (Å²) in [5.41, 5.74) is 0. The van der Waals surface area contributed by atoms with E-state index < -0.39 is 97.5 Å². The number of unbranched alkanes of at least 4 members (excludes halogenated alkanes) is 36. The largest absolute Gasteiger partial charge is 0.472 e. The molecule has 19 heteroatoms. The molecule has 0 aliphatic heterocycles. The van der Waals surface area contributed by atoms with Crippen LogP contribution in [0.2, 0.25) is 0 Å². The first-order valence-electron chi connectivity index (χ1n) is 36.3. The number of aliphatic hydroxyl groups excluding tert-OH is 1. The molecule has 0 aliphatic carbocycles. The summed E-state index contributed by atoms with van der Waals surface area (Å²) >= 11 is 0. The number of hydrogen-bond acceptors (Lipinski definition) is 15. The van der Waals surface area contributed by atoms with Gasteiger partial charge in [0.05, 0.1) is 26.4 Å². The summed E-state index contributed by atoms with van der Waals surface area (Å²) < 4.78 is 68.2. The van der Waals surface area contributed by atoms with Crippen molar-refractivity contribution in [2.24, 2.45) is 17.8 Å². The van der Waals surface area contributed by atoms with E-state index in [2.05, 4.69) is 48.5 Å². The van der Waals surface area contributed by atoms with E-state index in [-0.39, 0.29) is 25.7 Å². The monoisotopic (exact) mass is 1310 g/mol. The first-order chi connectivity index (χ1) is 42.7. The van der Waals surface area contributed by atoms with Gasteiger partial charge in [0.15, 0.2) is 12.2 Å². The highest BCUT2D eigenvalue weighted by molar-refractivity contribution is 7.47. The molecule has 0 heterocycles. The molecule has 0 amide bonds. The molecule has 3 N–H and O–H groups in total. The van der Waals surface area contributed by atoms with E-state index in [0.29, 0.717) is 31.6 Å². The standard InChI is InChI=1S/C70H136O17P2/c1-8-9-10-11-12-13-14-15-16-17-18-19-20-21-22-30-39-46-53-69(74)86-65(57-80-67(72)51-44-37-29-25-23-27-34-41-48-61(2)3)59-84-88(76,77)82-55-64(71)56-83-89(78,79)85-60-66(58-81-68(73)52-45-38-33-32-36-43-50-63(6)7)87-70(75)54-47-40-31-26-24-28-35-42-49-62(4)5/h61-66,71H,8-60H2,1-7H3,(H,76,77)(H,78,79)/t64-,65-,66-/m1/s1. The normalized spacial score (nSPS) is 14.2. The molecule has 0 spiro atoms. The van der Waals surface area contributed by atoms with Crippen molar-refractivity contribution in [3.8, 4) is 0 Å². The molecule has 0 saturated carbocycles. The van der Waals surface area contributed by atoms with Crippen molar-refractivity contribution in [2.75, 3.05) is 39.6 Å². The summed E-state index contributed by atoms with van der Waals surface area (Å²) in [6.07, 6.45) is 44.8. The van der Waals surface area contributed by atoms with E-state index in [1.807, 2.05) is 0 Å². The lowest BCUT2D eigenvalue weighted by atomic mass is 10.0. The highest BCUT2D eigenvalue weighted by atomic mass is 31.2. The van der Waals surface area contributed by atoms with Crippen LogP contribution in [0.3, 0.4) is 0 Å². The average molecular weight is 1310 g/mol. The van der Waals surface area contributed by atoms with Crippen LogP contribution < -0.4 is 0 Å². The number of esters is 4. The smallest absolute Gasteiger partial charge is 0.462 e. The SMILES string of the molecule is CCCCCCCCCCCCCCCCCCCCC(=O)O[C@H](COC(=O)CCCCCCCCCCC(C)C)COP(=O)(O)OC[C@@H](O)COP(=O)(O)OC[C@@H](COC(=O)CCCCCCCCC(C)C)OC(=O)CCCCCCCCCCC(C)C. The second kappa shape index (κ2) is 61.0. The molecule has 0 radical (unpaired) electrons. The predicted octanol–water partition coefficient (Wildman–Crippen LogP) is 19.8. The van der Waals surface area contributed by atoms with Crippen molar-refractivity contribution in [3.63, 3.8) is 0 Å². The van der Waals surface area contributed by atoms with Crippen molar-refractivity contribution in [1.82, 2.24) is 0 Å². The predicted molar refractivity (Wildman–Crippen MR) is 358 cm³/mol. The number of phosphoric ester groups is 2. The average Bonchev–Trinajstić information content (AvgIpc) is 3.70. The van der Waals surface area contributed by atoms with Crippen molar-refractivity contribution < 1.29 is 80.2 Å². The summed E-state index contributed by atoms with van der Waals surface area (Å²) in [5, 5.41) is 10.6. The molecule has 0 bridgehead atoms. The van der Waals surface area contributed by atoms with Crippen LogP contribution in [0.4, 0.5) is 0 Å². The minimum absolute atomic E-state index is 0.103. The Morgan fingerprint density at radius 3 is 0.764 bits per heavy atom. The van der Waals surface area contributed by atoms with Crippen molar-refractivity contribution >= 4 is 39.5 Å². The Hall–Kier alpha value is -1.94. The zero-order chi connectivity index (χ0) is 65.9. The van der Waals surface area contributed by atoms with Gasteiger partial charge in [0.1, 0.15) is 19.3 Å². The summed E-state index contributed by atoms with van der Waals surface area (Å²) in [6, 6.07) is 0. The van der Waals surface area contributed by atoms with Gasteiger partial charge in [-0.25, -0.2) is 9.13 Å². The third kappa shape index (κ3) is 64.6. The van der Waals surface area contributed by atoms with Crippen molar-refractivity contribution in [1.29, 1.82) is 0 Å². The lowest BCUT2D eigenvalue weighted by molar-refractivity contribution is -0.161. The van der Waals surface area contributed by atoms with Crippen molar-refractivity contribution in [2.45, 2.75) is 369 Å². The molecule has 17 nitrogen and oxygen atoms in total. The maximum atomic E-state index is 13.0. The molecule has 89 heavy (non-hydrogen) atoms. The van der Waals surface area contributed by atoms with E-state index >= 15 is 0 Å². The molecule has 0 aromatic rings. The number of aliphatic hydroxyl groups is 1. The van der Waals surface area contributed by atoms with Crippen LogP contribution in [0.5, 0.6) is 0 Å². The maximum Gasteiger partial charge on any atom is 0.472 e. The molecule has 5 atom stereocenters. The van der Waals surface area contributed by atoms with Gasteiger partial charge in [0.2, 0.25) is 0 Å². The quantitative estimate of drug-likeness (QED) is 0.0222. The molecule has 0 aliphatic rings. The third-order valence-electron chi connectivity index (χ3n) is 16.1. The second-order valence-electron chi connectivity index (χ2n) is 26.7. The van der Waals surface area contributed by atoms with Gasteiger partial charge in [-0.15, -0.1) is 0 Å². The van der Waals surface area contributed by atoms with Crippen LogP contribution in [-0.2, 0) is 65.4 Å². The summed E-state index contributed by atoms with van der Waals surface area (Å²) in [4.78, 5) is 72.5. The Balaban J connectivity index is 5.21. The number of carbonyl (C=O) groups is 4. The highest BCUT2D eigenvalue weighted by Gasteiger charge is 2.30. The third-order valence-corrected chi connectivity index (χ3v) is 18.0. The Morgan fingerprint density at radius 1 is 0.303 bits per heavy atom. The summed E-state index contributed by atoms with van der Waals surface area (Å²) in [5.74, 6) is -0.00701. The lowest BCUT2D eigenvalue weighted by Gasteiger charge is -2.21. The zero-order valence-corrected chi connectivity index (χ0v) is 59.7. The van der Waals surface area contributed by atoms with Gasteiger partial charge in [-0.1, -0.05) is 299 Å². The molecule has 0 aromatic heterocycles. The van der Waals surface area contributed by atoms with Crippen LogP contribution in [-0.4, -0.2) is 96.7 Å². The van der Waals surface area contributed by atoms with Crippen LogP contribution in [0.1, 0.15) is 350 Å². The van der Waals surface area contributed by atoms with Gasteiger partial charge < -0.3 is 33.8 Å². The lowest BCUT2D eigenvalue weighted by Crippen LogP contribution is -2.30. The van der Waals surface area contributed by atoms with Gasteiger partial charge in [0, 0.05) is 25.7 Å². The molecule has 0 rings (SSSR count). The number of rotatable bonds is 68. The Bertz CT molecular complexity index is 1750. The first kappa shape index (κ1) is 87.1. The van der Waals surface area contributed by atoms with Crippen LogP contribution in [0.15, 0.2) is 0 Å². The molecule has 2 unspecified atom stereocenters. The Morgan fingerprint density at radius 2 is 0.517 bits per heavy atom. The van der Waals surface area contributed by atoms with Gasteiger partial charge >= 0.3 is 39.5 Å². The fourth-order valence-corrected chi connectivity index (χ4v) is 12.1. The van der Waals surface area contributed by atoms with Crippen LogP contribution in [0, 0.1) is 17.8 Å². The van der Waals surface area contributed by atoms with E-state index in [1.165, 1.54) is 154 Å². The molecular weight excluding hydrogens is 1170 g/mol. The van der Waals surface area contributed by atoms with E-state index in [1.54, 1.807) is 0 Å². The van der Waals surface area contributed by atoms with Crippen LogP contribution in [0.25, 0.3) is 0 Å². The maximum absolute atomic E-state index is 13.0. The van der Waals surface area contributed by atoms with Crippen LogP contribution >= 0.6 is 15.6 Å². The van der Waals surface area contributed by atoms with Gasteiger partial charge in [-0.05, 0) is 43.4 Å².